The molecule has 0 saturated heterocycles. The molecule has 0 heterocycles. The third-order valence-electron chi connectivity index (χ3n) is 4.23. The summed E-state index contributed by atoms with van der Waals surface area (Å²) in [5.74, 6) is -0.441. The number of hydrazone groups is 1. The number of amides is 1. The molecule has 0 spiro atoms. The Labute approximate surface area is 189 Å². The largest absolute Gasteiger partial charge is 0.507 e. The van der Waals surface area contributed by atoms with Crippen molar-refractivity contribution >= 4 is 35.8 Å². The van der Waals surface area contributed by atoms with Crippen molar-refractivity contribution in [3.63, 3.8) is 0 Å². The van der Waals surface area contributed by atoms with E-state index in [1.807, 2.05) is 0 Å². The zero-order valence-electron chi connectivity index (χ0n) is 17.0. The van der Waals surface area contributed by atoms with Gasteiger partial charge in [0.2, 0.25) is 0 Å². The Bertz CT molecular complexity index is 1170. The van der Waals surface area contributed by atoms with Gasteiger partial charge in [0.05, 0.1) is 18.9 Å². The second-order valence-electron chi connectivity index (χ2n) is 6.43. The van der Waals surface area contributed by atoms with E-state index in [0.717, 1.165) is 5.56 Å². The maximum atomic E-state index is 12.2. The topological polar surface area (TPSA) is 97.2 Å². The van der Waals surface area contributed by atoms with Gasteiger partial charge in [-0.05, 0) is 54.1 Å². The molecule has 0 saturated carbocycles. The monoisotopic (exact) mass is 450 g/mol. The van der Waals surface area contributed by atoms with E-state index in [9.17, 15) is 14.7 Å². The smallest absolute Gasteiger partial charge is 0.336 e. The molecule has 0 bridgehead atoms. The van der Waals surface area contributed by atoms with Crippen LogP contribution in [0.3, 0.4) is 0 Å². The van der Waals surface area contributed by atoms with Crippen LogP contribution in [-0.2, 0) is 4.79 Å². The Morgan fingerprint density at radius 1 is 1.06 bits per heavy atom. The number of benzene rings is 3. The average molecular weight is 451 g/mol. The second kappa shape index (κ2) is 10.8. The van der Waals surface area contributed by atoms with Gasteiger partial charge in [0.1, 0.15) is 17.2 Å². The van der Waals surface area contributed by atoms with Crippen molar-refractivity contribution in [1.82, 2.24) is 5.43 Å². The number of nitrogens with one attached hydrogen (secondary N) is 1. The number of hydrogen-bond acceptors (Lipinski definition) is 6. The molecule has 162 valence electrons. The lowest BCUT2D eigenvalue weighted by atomic mass is 10.2. The number of nitrogens with zero attached hydrogens (tertiary/aromatic N) is 1. The Kier molecular flexibility index (Phi) is 7.61. The first kappa shape index (κ1) is 22.6. The van der Waals surface area contributed by atoms with E-state index in [0.29, 0.717) is 16.3 Å². The first-order chi connectivity index (χ1) is 15.5. The SMILES string of the molecule is COc1ccc(/C=C/C(=O)Oc2ccc(Cl)cc2/C=N/NC(=O)c2ccccc2O)cc1. The Balaban J connectivity index is 1.68. The first-order valence-corrected chi connectivity index (χ1v) is 9.79. The van der Waals surface area contributed by atoms with E-state index in [2.05, 4.69) is 10.5 Å². The van der Waals surface area contributed by atoms with Crippen LogP contribution in [0.5, 0.6) is 17.2 Å². The maximum absolute atomic E-state index is 12.2. The fraction of sp³-hybridized carbons (Fsp3) is 0.0417. The van der Waals surface area contributed by atoms with Gasteiger partial charge in [0.25, 0.3) is 5.91 Å². The summed E-state index contributed by atoms with van der Waals surface area (Å²) in [5.41, 5.74) is 3.56. The molecule has 0 aliphatic heterocycles. The predicted molar refractivity (Wildman–Crippen MR) is 122 cm³/mol. The summed E-state index contributed by atoms with van der Waals surface area (Å²) in [6.07, 6.45) is 4.19. The van der Waals surface area contributed by atoms with Gasteiger partial charge in [-0.1, -0.05) is 35.9 Å². The molecule has 0 fully saturated rings. The first-order valence-electron chi connectivity index (χ1n) is 9.41. The summed E-state index contributed by atoms with van der Waals surface area (Å²) in [4.78, 5) is 24.4. The van der Waals surface area contributed by atoms with Crippen LogP contribution in [-0.4, -0.2) is 30.3 Å². The minimum absolute atomic E-state index is 0.0751. The summed E-state index contributed by atoms with van der Waals surface area (Å²) in [5, 5.41) is 14.0. The summed E-state index contributed by atoms with van der Waals surface area (Å²) in [6.45, 7) is 0. The molecule has 8 heteroatoms. The highest BCUT2D eigenvalue weighted by atomic mass is 35.5. The molecule has 0 unspecified atom stereocenters. The van der Waals surface area contributed by atoms with Gasteiger partial charge in [-0.3, -0.25) is 4.79 Å². The molecule has 0 atom stereocenters. The van der Waals surface area contributed by atoms with Crippen LogP contribution >= 0.6 is 11.6 Å². The van der Waals surface area contributed by atoms with Crippen molar-refractivity contribution in [2.45, 2.75) is 0 Å². The fourth-order valence-electron chi connectivity index (χ4n) is 2.62. The summed E-state index contributed by atoms with van der Waals surface area (Å²) < 4.78 is 10.5. The van der Waals surface area contributed by atoms with Gasteiger partial charge in [-0.2, -0.15) is 5.10 Å². The lowest BCUT2D eigenvalue weighted by Gasteiger charge is -2.06. The van der Waals surface area contributed by atoms with Crippen molar-refractivity contribution in [1.29, 1.82) is 0 Å². The highest BCUT2D eigenvalue weighted by Gasteiger charge is 2.10. The number of carbonyl (C=O) groups is 2. The standard InChI is InChI=1S/C24H19ClN2O5/c1-31-19-10-6-16(7-11-19)8-13-23(29)32-22-12-9-18(25)14-17(22)15-26-27-24(30)20-4-2-3-5-21(20)28/h2-15,28H,1H3,(H,27,30)/b13-8+,26-15+. The molecule has 3 rings (SSSR count). The van der Waals surface area contributed by atoms with Crippen LogP contribution in [0.15, 0.2) is 77.9 Å². The minimum atomic E-state index is -0.601. The molecule has 7 nitrogen and oxygen atoms in total. The van der Waals surface area contributed by atoms with E-state index in [1.165, 1.54) is 36.6 Å². The Morgan fingerprint density at radius 2 is 1.81 bits per heavy atom. The molecule has 0 aliphatic rings. The van der Waals surface area contributed by atoms with Gasteiger partial charge in [-0.15, -0.1) is 0 Å². The number of rotatable bonds is 7. The Hall–Kier alpha value is -4.10. The fourth-order valence-corrected chi connectivity index (χ4v) is 2.80. The number of hydrogen-bond donors (Lipinski definition) is 2. The van der Waals surface area contributed by atoms with Gasteiger partial charge in [-0.25, -0.2) is 10.2 Å². The lowest BCUT2D eigenvalue weighted by molar-refractivity contribution is -0.128. The highest BCUT2D eigenvalue weighted by Crippen LogP contribution is 2.22. The van der Waals surface area contributed by atoms with Gasteiger partial charge in [0, 0.05) is 16.7 Å². The van der Waals surface area contributed by atoms with E-state index >= 15 is 0 Å². The Morgan fingerprint density at radius 3 is 2.53 bits per heavy atom. The molecule has 3 aromatic rings. The zero-order chi connectivity index (χ0) is 22.9. The van der Waals surface area contributed by atoms with E-state index in [1.54, 1.807) is 55.7 Å². The molecule has 0 aromatic heterocycles. The van der Waals surface area contributed by atoms with Crippen LogP contribution in [0.2, 0.25) is 5.02 Å². The van der Waals surface area contributed by atoms with E-state index in [4.69, 9.17) is 21.1 Å². The molecule has 32 heavy (non-hydrogen) atoms. The molecule has 1 amide bonds. The van der Waals surface area contributed by atoms with Crippen LogP contribution < -0.4 is 14.9 Å². The zero-order valence-corrected chi connectivity index (χ0v) is 17.7. The number of aromatic hydroxyl groups is 1. The predicted octanol–water partition coefficient (Wildman–Crippen LogP) is 4.44. The minimum Gasteiger partial charge on any atom is -0.507 e. The molecule has 2 N–H and O–H groups in total. The number of halogens is 1. The second-order valence-corrected chi connectivity index (χ2v) is 6.86. The number of methoxy groups -OCH3 is 1. The van der Waals surface area contributed by atoms with Crippen LogP contribution in [0, 0.1) is 0 Å². The highest BCUT2D eigenvalue weighted by molar-refractivity contribution is 6.31. The van der Waals surface area contributed by atoms with Gasteiger partial charge in [0.15, 0.2) is 0 Å². The summed E-state index contributed by atoms with van der Waals surface area (Å²) in [6, 6.07) is 17.9. The third-order valence-corrected chi connectivity index (χ3v) is 4.46. The number of carbonyl (C=O) groups excluding carboxylic acids is 2. The van der Waals surface area contributed by atoms with Crippen molar-refractivity contribution in [2.75, 3.05) is 7.11 Å². The number of phenols is 1. The van der Waals surface area contributed by atoms with Crippen molar-refractivity contribution in [3.8, 4) is 17.2 Å². The maximum Gasteiger partial charge on any atom is 0.336 e. The van der Waals surface area contributed by atoms with Gasteiger partial charge >= 0.3 is 5.97 Å². The van der Waals surface area contributed by atoms with E-state index in [-0.39, 0.29) is 17.1 Å². The number of para-hydroxylation sites is 1. The van der Waals surface area contributed by atoms with Crippen LogP contribution in [0.25, 0.3) is 6.08 Å². The molecular weight excluding hydrogens is 432 g/mol. The van der Waals surface area contributed by atoms with Gasteiger partial charge < -0.3 is 14.6 Å². The summed E-state index contributed by atoms with van der Waals surface area (Å²) in [7, 11) is 1.58. The van der Waals surface area contributed by atoms with Crippen molar-refractivity contribution < 1.29 is 24.2 Å². The molecular formula is C24H19ClN2O5. The molecule has 0 aliphatic carbocycles. The lowest BCUT2D eigenvalue weighted by Crippen LogP contribution is -2.17. The normalized spacial score (nSPS) is 10.9. The van der Waals surface area contributed by atoms with Crippen molar-refractivity contribution in [2.24, 2.45) is 5.10 Å². The average Bonchev–Trinajstić information content (AvgIpc) is 2.80. The quantitative estimate of drug-likeness (QED) is 0.182. The molecule has 0 radical (unpaired) electrons. The summed E-state index contributed by atoms with van der Waals surface area (Å²) >= 11 is 6.03. The number of esters is 1. The number of ether oxygens (including phenoxy) is 2. The van der Waals surface area contributed by atoms with Crippen LogP contribution in [0.4, 0.5) is 0 Å². The molecule has 3 aromatic carbocycles. The van der Waals surface area contributed by atoms with Crippen LogP contribution in [0.1, 0.15) is 21.5 Å². The van der Waals surface area contributed by atoms with Crippen molar-refractivity contribution in [3.05, 3.63) is 94.5 Å². The third kappa shape index (κ3) is 6.20. The van der Waals surface area contributed by atoms with E-state index < -0.39 is 11.9 Å². The number of phenolic OH excluding ortho intramolecular Hbond substituents is 1.